The Labute approximate surface area is 136 Å². The number of aryl methyl sites for hydroxylation is 1. The topological polar surface area (TPSA) is 9.23 Å². The molecule has 0 amide bonds. The number of methoxy groups -OCH3 is 1. The van der Waals surface area contributed by atoms with Crippen LogP contribution in [0.25, 0.3) is 0 Å². The van der Waals surface area contributed by atoms with Crippen molar-refractivity contribution in [3.8, 4) is 5.75 Å². The van der Waals surface area contributed by atoms with Crippen LogP contribution in [0.2, 0.25) is 0 Å². The van der Waals surface area contributed by atoms with Crippen LogP contribution in [0.15, 0.2) is 54.6 Å². The minimum absolute atomic E-state index is 0.681. The third-order valence-electron chi connectivity index (χ3n) is 3.80. The summed E-state index contributed by atoms with van der Waals surface area (Å²) in [5.74, 6) is 1.63. The number of ether oxygens (including phenoxy) is 1. The van der Waals surface area contributed by atoms with E-state index in [0.29, 0.717) is 5.92 Å². The Hall–Kier alpha value is -1.28. The summed E-state index contributed by atoms with van der Waals surface area (Å²) in [5.41, 5.74) is 2.80. The van der Waals surface area contributed by atoms with Gasteiger partial charge in [0.15, 0.2) is 0 Å². The lowest BCUT2D eigenvalue weighted by Crippen LogP contribution is -2.07. The number of hydrogen-bond donors (Lipinski definition) is 0. The Kier molecular flexibility index (Phi) is 6.81. The summed E-state index contributed by atoms with van der Waals surface area (Å²) < 4.78 is 5.30. The van der Waals surface area contributed by atoms with Crippen molar-refractivity contribution in [2.24, 2.45) is 5.92 Å². The van der Waals surface area contributed by atoms with Crippen LogP contribution in [-0.4, -0.2) is 12.4 Å². The Morgan fingerprint density at radius 1 is 1.00 bits per heavy atom. The van der Waals surface area contributed by atoms with Crippen LogP contribution < -0.4 is 4.74 Å². The lowest BCUT2D eigenvalue weighted by molar-refractivity contribution is 0.413. The molecular weight excluding hydrogens is 324 g/mol. The maximum Gasteiger partial charge on any atom is 0.119 e. The van der Waals surface area contributed by atoms with Gasteiger partial charge in [0.05, 0.1) is 7.11 Å². The van der Waals surface area contributed by atoms with Crippen molar-refractivity contribution in [2.45, 2.75) is 25.7 Å². The standard InChI is InChI=1S/C19H23BrO/c1-21-19-12-6-10-17(14-19)13-18(15-20)11-5-9-16-7-3-2-4-8-16/h2-4,6-8,10,12,14,18H,5,9,11,13,15H2,1H3. The first-order chi connectivity index (χ1) is 10.3. The van der Waals surface area contributed by atoms with Crippen molar-refractivity contribution in [3.05, 3.63) is 65.7 Å². The maximum atomic E-state index is 5.30. The maximum absolute atomic E-state index is 5.30. The van der Waals surface area contributed by atoms with Crippen molar-refractivity contribution < 1.29 is 4.74 Å². The number of benzene rings is 2. The molecule has 0 saturated heterocycles. The van der Waals surface area contributed by atoms with Crippen LogP contribution in [0.1, 0.15) is 24.0 Å². The highest BCUT2D eigenvalue weighted by Crippen LogP contribution is 2.21. The molecule has 0 spiro atoms. The van der Waals surface area contributed by atoms with Crippen molar-refractivity contribution in [1.82, 2.24) is 0 Å². The van der Waals surface area contributed by atoms with Gasteiger partial charge in [-0.2, -0.15) is 0 Å². The third kappa shape index (κ3) is 5.55. The molecule has 0 aromatic heterocycles. The quantitative estimate of drug-likeness (QED) is 0.591. The molecule has 0 radical (unpaired) electrons. The summed E-state index contributed by atoms with van der Waals surface area (Å²) in [6, 6.07) is 19.2. The summed E-state index contributed by atoms with van der Waals surface area (Å²) >= 11 is 3.66. The summed E-state index contributed by atoms with van der Waals surface area (Å²) in [4.78, 5) is 0. The molecule has 112 valence electrons. The summed E-state index contributed by atoms with van der Waals surface area (Å²) in [6.07, 6.45) is 4.77. The molecule has 2 heteroatoms. The van der Waals surface area contributed by atoms with Crippen LogP contribution in [0, 0.1) is 5.92 Å². The first-order valence-electron chi connectivity index (χ1n) is 7.54. The Bertz CT molecular complexity index is 524. The largest absolute Gasteiger partial charge is 0.497 e. The second-order valence-corrected chi connectivity index (χ2v) is 6.10. The minimum Gasteiger partial charge on any atom is -0.497 e. The molecule has 0 heterocycles. The molecule has 0 saturated carbocycles. The summed E-state index contributed by atoms with van der Waals surface area (Å²) in [5, 5.41) is 1.05. The van der Waals surface area contributed by atoms with E-state index >= 15 is 0 Å². The zero-order valence-corrected chi connectivity index (χ0v) is 14.2. The fourth-order valence-corrected chi connectivity index (χ4v) is 3.16. The molecule has 1 atom stereocenters. The number of alkyl halides is 1. The number of halogens is 1. The van der Waals surface area contributed by atoms with Crippen LogP contribution in [0.3, 0.4) is 0 Å². The van der Waals surface area contributed by atoms with Gasteiger partial charge in [0.1, 0.15) is 5.75 Å². The highest BCUT2D eigenvalue weighted by molar-refractivity contribution is 9.09. The monoisotopic (exact) mass is 346 g/mol. The van der Waals surface area contributed by atoms with E-state index in [1.807, 2.05) is 6.07 Å². The van der Waals surface area contributed by atoms with Crippen LogP contribution in [0.4, 0.5) is 0 Å². The highest BCUT2D eigenvalue weighted by Gasteiger charge is 2.09. The van der Waals surface area contributed by atoms with Crippen LogP contribution >= 0.6 is 15.9 Å². The smallest absolute Gasteiger partial charge is 0.119 e. The summed E-state index contributed by atoms with van der Waals surface area (Å²) in [7, 11) is 1.72. The van der Waals surface area contributed by atoms with Gasteiger partial charge < -0.3 is 4.74 Å². The van der Waals surface area contributed by atoms with Gasteiger partial charge in [-0.3, -0.25) is 0 Å². The second kappa shape index (κ2) is 8.89. The molecule has 2 aromatic rings. The Morgan fingerprint density at radius 3 is 2.48 bits per heavy atom. The second-order valence-electron chi connectivity index (χ2n) is 5.45. The molecule has 1 unspecified atom stereocenters. The molecule has 0 fully saturated rings. The normalized spacial score (nSPS) is 12.1. The van der Waals surface area contributed by atoms with E-state index < -0.39 is 0 Å². The first-order valence-corrected chi connectivity index (χ1v) is 8.67. The average Bonchev–Trinajstić information content (AvgIpc) is 2.55. The zero-order chi connectivity index (χ0) is 14.9. The molecule has 0 aliphatic heterocycles. The van der Waals surface area contributed by atoms with Gasteiger partial charge in [0.2, 0.25) is 0 Å². The van der Waals surface area contributed by atoms with Gasteiger partial charge in [0, 0.05) is 5.33 Å². The molecule has 0 bridgehead atoms. The van der Waals surface area contributed by atoms with E-state index in [4.69, 9.17) is 4.74 Å². The number of rotatable bonds is 8. The molecule has 2 aromatic carbocycles. The highest BCUT2D eigenvalue weighted by atomic mass is 79.9. The predicted molar refractivity (Wildman–Crippen MR) is 93.4 cm³/mol. The fraction of sp³-hybridized carbons (Fsp3) is 0.368. The SMILES string of the molecule is COc1cccc(CC(CBr)CCCc2ccccc2)c1. The van der Waals surface area contributed by atoms with E-state index in [0.717, 1.165) is 17.5 Å². The summed E-state index contributed by atoms with van der Waals surface area (Å²) in [6.45, 7) is 0. The third-order valence-corrected chi connectivity index (χ3v) is 4.71. The van der Waals surface area contributed by atoms with Gasteiger partial charge in [-0.05, 0) is 54.9 Å². The molecule has 2 rings (SSSR count). The first kappa shape index (κ1) is 16.1. The van der Waals surface area contributed by atoms with Gasteiger partial charge in [-0.15, -0.1) is 0 Å². The van der Waals surface area contributed by atoms with E-state index in [1.165, 1.54) is 30.4 Å². The molecule has 0 aliphatic carbocycles. The fourth-order valence-electron chi connectivity index (χ4n) is 2.61. The number of hydrogen-bond acceptors (Lipinski definition) is 1. The van der Waals surface area contributed by atoms with Crippen molar-refractivity contribution >= 4 is 15.9 Å². The average molecular weight is 347 g/mol. The molecular formula is C19H23BrO. The van der Waals surface area contributed by atoms with Crippen molar-refractivity contribution in [2.75, 3.05) is 12.4 Å². The van der Waals surface area contributed by atoms with Gasteiger partial charge >= 0.3 is 0 Å². The Balaban J connectivity index is 1.82. The van der Waals surface area contributed by atoms with E-state index in [-0.39, 0.29) is 0 Å². The molecule has 21 heavy (non-hydrogen) atoms. The van der Waals surface area contributed by atoms with Crippen molar-refractivity contribution in [3.63, 3.8) is 0 Å². The van der Waals surface area contributed by atoms with Gasteiger partial charge in [-0.25, -0.2) is 0 Å². The molecule has 0 N–H and O–H groups in total. The molecule has 0 aliphatic rings. The lowest BCUT2D eigenvalue weighted by Gasteiger charge is -2.14. The van der Waals surface area contributed by atoms with E-state index in [2.05, 4.69) is 64.5 Å². The Morgan fingerprint density at radius 2 is 1.76 bits per heavy atom. The van der Waals surface area contributed by atoms with Crippen molar-refractivity contribution in [1.29, 1.82) is 0 Å². The lowest BCUT2D eigenvalue weighted by atomic mass is 9.94. The van der Waals surface area contributed by atoms with Gasteiger partial charge in [-0.1, -0.05) is 58.4 Å². The van der Waals surface area contributed by atoms with Crippen LogP contribution in [0.5, 0.6) is 5.75 Å². The predicted octanol–water partition coefficient (Wildman–Crippen LogP) is 5.27. The zero-order valence-electron chi connectivity index (χ0n) is 12.6. The minimum atomic E-state index is 0.681. The molecule has 1 nitrogen and oxygen atoms in total. The van der Waals surface area contributed by atoms with Crippen LogP contribution in [-0.2, 0) is 12.8 Å². The van der Waals surface area contributed by atoms with E-state index in [1.54, 1.807) is 7.11 Å². The van der Waals surface area contributed by atoms with E-state index in [9.17, 15) is 0 Å². The van der Waals surface area contributed by atoms with Gasteiger partial charge in [0.25, 0.3) is 0 Å².